The number of aromatic nitrogens is 1. The van der Waals surface area contributed by atoms with Crippen LogP contribution in [0.15, 0.2) is 66.2 Å². The fourth-order valence-electron chi connectivity index (χ4n) is 3.81. The number of nitrogens with zero attached hydrogens (tertiary/aromatic N) is 3. The summed E-state index contributed by atoms with van der Waals surface area (Å²) in [4.78, 5) is 26.8. The van der Waals surface area contributed by atoms with Crippen LogP contribution in [0.3, 0.4) is 0 Å². The SMILES string of the molecule is CCOc1ccc(-n2c(C)cc(C=C(C#N)C(=O)OC(C)C(=O)N(C)c3ccccc3)c2C)cc1. The number of esters is 1. The number of nitriles is 1. The molecule has 1 heterocycles. The highest BCUT2D eigenvalue weighted by Gasteiger charge is 2.24. The molecule has 0 fully saturated rings. The van der Waals surface area contributed by atoms with Gasteiger partial charge in [0.1, 0.15) is 17.4 Å². The minimum Gasteiger partial charge on any atom is -0.494 e. The second-order valence-corrected chi connectivity index (χ2v) is 8.04. The summed E-state index contributed by atoms with van der Waals surface area (Å²) in [5, 5.41) is 9.63. The van der Waals surface area contributed by atoms with Gasteiger partial charge < -0.3 is 18.9 Å². The highest BCUT2D eigenvalue weighted by molar-refractivity contribution is 6.01. The number of amides is 1. The molecule has 7 nitrogen and oxygen atoms in total. The Hall–Kier alpha value is -4.31. The molecule has 1 amide bonds. The summed E-state index contributed by atoms with van der Waals surface area (Å²) in [6.45, 7) is 7.88. The standard InChI is InChI=1S/C28H29N3O4/c1-6-34-26-14-12-25(13-15-26)31-19(2)16-22(20(31)3)17-23(18-29)28(33)35-21(4)27(32)30(5)24-10-8-7-9-11-24/h7-17,21H,6H2,1-5H3. The number of hydrogen-bond donors (Lipinski definition) is 0. The van der Waals surface area contributed by atoms with E-state index in [9.17, 15) is 14.9 Å². The molecular weight excluding hydrogens is 442 g/mol. The van der Waals surface area contributed by atoms with E-state index in [0.29, 0.717) is 17.9 Å². The third kappa shape index (κ3) is 5.79. The number of carbonyl (C=O) groups is 2. The van der Waals surface area contributed by atoms with Crippen LogP contribution in [0.4, 0.5) is 5.69 Å². The van der Waals surface area contributed by atoms with Crippen molar-refractivity contribution in [3.05, 3.63) is 83.2 Å². The minimum absolute atomic E-state index is 0.182. The number of anilines is 1. The Morgan fingerprint density at radius 1 is 1.11 bits per heavy atom. The fourth-order valence-corrected chi connectivity index (χ4v) is 3.81. The maximum Gasteiger partial charge on any atom is 0.349 e. The molecule has 1 aromatic heterocycles. The van der Waals surface area contributed by atoms with Gasteiger partial charge in [-0.25, -0.2) is 4.79 Å². The molecule has 3 rings (SSSR count). The van der Waals surface area contributed by atoms with E-state index in [1.54, 1.807) is 19.2 Å². The fraction of sp³-hybridized carbons (Fsp3) is 0.250. The third-order valence-corrected chi connectivity index (χ3v) is 5.62. The van der Waals surface area contributed by atoms with Crippen molar-refractivity contribution in [1.82, 2.24) is 4.57 Å². The lowest BCUT2D eigenvalue weighted by atomic mass is 10.1. The second kappa shape index (κ2) is 11.2. The second-order valence-electron chi connectivity index (χ2n) is 8.04. The molecule has 1 atom stereocenters. The maximum atomic E-state index is 12.7. The van der Waals surface area contributed by atoms with E-state index in [4.69, 9.17) is 9.47 Å². The molecule has 0 aliphatic rings. The van der Waals surface area contributed by atoms with E-state index in [1.165, 1.54) is 17.9 Å². The van der Waals surface area contributed by atoms with E-state index < -0.39 is 18.0 Å². The highest BCUT2D eigenvalue weighted by atomic mass is 16.5. The van der Waals surface area contributed by atoms with Crippen LogP contribution in [0.2, 0.25) is 0 Å². The Balaban J connectivity index is 1.79. The number of para-hydroxylation sites is 1. The number of rotatable bonds is 8. The van der Waals surface area contributed by atoms with Gasteiger partial charge in [0.2, 0.25) is 0 Å². The van der Waals surface area contributed by atoms with Crippen LogP contribution in [0, 0.1) is 25.2 Å². The molecule has 0 bridgehead atoms. The van der Waals surface area contributed by atoms with Crippen LogP contribution >= 0.6 is 0 Å². The normalized spacial score (nSPS) is 11.9. The van der Waals surface area contributed by atoms with Crippen LogP contribution in [-0.4, -0.2) is 36.2 Å². The molecule has 0 N–H and O–H groups in total. The summed E-state index contributed by atoms with van der Waals surface area (Å²) in [6, 6.07) is 20.6. The van der Waals surface area contributed by atoms with Crippen LogP contribution in [0.5, 0.6) is 5.75 Å². The predicted octanol–water partition coefficient (Wildman–Crippen LogP) is 4.99. The van der Waals surface area contributed by atoms with Gasteiger partial charge in [0.15, 0.2) is 6.10 Å². The molecule has 3 aromatic rings. The first kappa shape index (κ1) is 25.3. The molecule has 0 saturated heterocycles. The van der Waals surface area contributed by atoms with E-state index in [1.807, 2.05) is 79.9 Å². The summed E-state index contributed by atoms with van der Waals surface area (Å²) < 4.78 is 12.9. The molecule has 0 radical (unpaired) electrons. The highest BCUT2D eigenvalue weighted by Crippen LogP contribution is 2.25. The minimum atomic E-state index is -1.05. The number of likely N-dealkylation sites (N-methyl/N-ethyl adjacent to an activating group) is 1. The average molecular weight is 472 g/mol. The Morgan fingerprint density at radius 3 is 2.37 bits per heavy atom. The first-order valence-electron chi connectivity index (χ1n) is 11.3. The van der Waals surface area contributed by atoms with Crippen LogP contribution in [0.25, 0.3) is 11.8 Å². The molecule has 1 unspecified atom stereocenters. The van der Waals surface area contributed by atoms with Crippen molar-refractivity contribution in [3.63, 3.8) is 0 Å². The van der Waals surface area contributed by atoms with Gasteiger partial charge in [-0.3, -0.25) is 4.79 Å². The third-order valence-electron chi connectivity index (χ3n) is 5.62. The van der Waals surface area contributed by atoms with Gasteiger partial charge in [0.25, 0.3) is 5.91 Å². The zero-order valence-corrected chi connectivity index (χ0v) is 20.6. The summed E-state index contributed by atoms with van der Waals surface area (Å²) in [7, 11) is 1.61. The summed E-state index contributed by atoms with van der Waals surface area (Å²) in [5.41, 5.74) is 3.95. The van der Waals surface area contributed by atoms with Gasteiger partial charge >= 0.3 is 5.97 Å². The molecule has 35 heavy (non-hydrogen) atoms. The van der Waals surface area contributed by atoms with Crippen molar-refractivity contribution in [3.8, 4) is 17.5 Å². The smallest absolute Gasteiger partial charge is 0.349 e. The zero-order valence-electron chi connectivity index (χ0n) is 20.6. The number of carbonyl (C=O) groups excluding carboxylic acids is 2. The maximum absolute atomic E-state index is 12.7. The number of benzene rings is 2. The summed E-state index contributed by atoms with van der Waals surface area (Å²) in [6.07, 6.45) is 0.439. The molecule has 180 valence electrons. The Labute approximate surface area is 205 Å². The molecule has 0 saturated carbocycles. The first-order valence-corrected chi connectivity index (χ1v) is 11.3. The van der Waals surface area contributed by atoms with Gasteiger partial charge in [-0.15, -0.1) is 0 Å². The number of hydrogen-bond acceptors (Lipinski definition) is 5. The number of ether oxygens (including phenoxy) is 2. The molecule has 0 aliphatic carbocycles. The van der Waals surface area contributed by atoms with Gasteiger partial charge in [0.05, 0.1) is 6.61 Å². The van der Waals surface area contributed by atoms with Crippen LogP contribution < -0.4 is 9.64 Å². The van der Waals surface area contributed by atoms with Crippen molar-refractivity contribution in [2.75, 3.05) is 18.6 Å². The Kier molecular flexibility index (Phi) is 8.11. The molecule has 7 heteroatoms. The first-order chi connectivity index (χ1) is 16.8. The van der Waals surface area contributed by atoms with Gasteiger partial charge in [-0.2, -0.15) is 5.26 Å². The van der Waals surface area contributed by atoms with Gasteiger partial charge in [-0.1, -0.05) is 18.2 Å². The molecular formula is C28H29N3O4. The van der Waals surface area contributed by atoms with Crippen LogP contribution in [-0.2, 0) is 14.3 Å². The van der Waals surface area contributed by atoms with E-state index in [0.717, 1.165) is 22.8 Å². The Bertz CT molecular complexity index is 1270. The monoisotopic (exact) mass is 471 g/mol. The average Bonchev–Trinajstić information content (AvgIpc) is 3.15. The van der Waals surface area contributed by atoms with Crippen LogP contribution in [0.1, 0.15) is 30.8 Å². The van der Waals surface area contributed by atoms with Crippen molar-refractivity contribution in [1.29, 1.82) is 5.26 Å². The summed E-state index contributed by atoms with van der Waals surface area (Å²) >= 11 is 0. The summed E-state index contributed by atoms with van der Waals surface area (Å²) in [5.74, 6) is -0.453. The lowest BCUT2D eigenvalue weighted by Gasteiger charge is -2.21. The number of aryl methyl sites for hydroxylation is 1. The molecule has 0 aliphatic heterocycles. The molecule has 0 spiro atoms. The zero-order chi connectivity index (χ0) is 25.5. The van der Waals surface area contributed by atoms with E-state index in [2.05, 4.69) is 0 Å². The Morgan fingerprint density at radius 2 is 1.77 bits per heavy atom. The van der Waals surface area contributed by atoms with Crippen molar-refractivity contribution >= 4 is 23.6 Å². The van der Waals surface area contributed by atoms with Gasteiger partial charge in [-0.05, 0) is 81.8 Å². The quantitative estimate of drug-likeness (QED) is 0.262. The van der Waals surface area contributed by atoms with Crippen molar-refractivity contribution in [2.24, 2.45) is 0 Å². The predicted molar refractivity (Wildman–Crippen MR) is 135 cm³/mol. The van der Waals surface area contributed by atoms with Crippen molar-refractivity contribution in [2.45, 2.75) is 33.8 Å². The lowest BCUT2D eigenvalue weighted by molar-refractivity contribution is -0.149. The van der Waals surface area contributed by atoms with E-state index >= 15 is 0 Å². The lowest BCUT2D eigenvalue weighted by Crippen LogP contribution is -2.37. The van der Waals surface area contributed by atoms with Crippen molar-refractivity contribution < 1.29 is 19.1 Å². The van der Waals surface area contributed by atoms with E-state index in [-0.39, 0.29) is 5.57 Å². The topological polar surface area (TPSA) is 84.6 Å². The largest absolute Gasteiger partial charge is 0.494 e. The van der Waals surface area contributed by atoms with Gasteiger partial charge in [0, 0.05) is 29.8 Å². The molecule has 2 aromatic carbocycles.